The summed E-state index contributed by atoms with van der Waals surface area (Å²) in [5, 5.41) is -0.707. The molecule has 0 heterocycles. The molecule has 4 unspecified atom stereocenters. The summed E-state index contributed by atoms with van der Waals surface area (Å²) >= 11 is 0.878. The highest BCUT2D eigenvalue weighted by Crippen LogP contribution is 2.27. The Kier molecular flexibility index (Phi) is 19.2. The summed E-state index contributed by atoms with van der Waals surface area (Å²) in [4.78, 5) is 81.7. The molecule has 0 aromatic heterocycles. The first-order valence-corrected chi connectivity index (χ1v) is 20.5. The van der Waals surface area contributed by atoms with Crippen molar-refractivity contribution in [3.63, 3.8) is 0 Å². The molecule has 0 aliphatic rings. The predicted molar refractivity (Wildman–Crippen MR) is 219 cm³/mol. The van der Waals surface area contributed by atoms with Gasteiger partial charge in [-0.15, -0.1) is 0 Å². The van der Waals surface area contributed by atoms with E-state index in [0.717, 1.165) is 50.8 Å². The highest BCUT2D eigenvalue weighted by molar-refractivity contribution is 8.13. The molecule has 58 heavy (non-hydrogen) atoms. The van der Waals surface area contributed by atoms with Crippen molar-refractivity contribution in [1.29, 1.82) is 0 Å². The summed E-state index contributed by atoms with van der Waals surface area (Å²) in [6.45, 7) is 2.54. The van der Waals surface area contributed by atoms with Crippen LogP contribution in [0.2, 0.25) is 0 Å². The Morgan fingerprint density at radius 1 is 0.483 bits per heavy atom. The van der Waals surface area contributed by atoms with Gasteiger partial charge in [0.15, 0.2) is 18.3 Å². The normalized spacial score (nSPS) is 12.9. The van der Waals surface area contributed by atoms with Gasteiger partial charge in [-0.1, -0.05) is 136 Å². The number of benzene rings is 4. The van der Waals surface area contributed by atoms with E-state index in [4.69, 9.17) is 23.7 Å². The second kappa shape index (κ2) is 24.8. The van der Waals surface area contributed by atoms with Crippen LogP contribution in [0, 0.1) is 0 Å². The fourth-order valence-corrected chi connectivity index (χ4v) is 6.81. The zero-order valence-electron chi connectivity index (χ0n) is 32.8. The lowest BCUT2D eigenvalue weighted by molar-refractivity contribution is -0.169. The molecule has 0 radical (unpaired) electrons. The molecule has 4 aromatic carbocycles. The minimum Gasteiger partial charge on any atom is -0.458 e. The van der Waals surface area contributed by atoms with Gasteiger partial charge in [-0.05, 0) is 55.0 Å². The first-order valence-electron chi connectivity index (χ1n) is 19.5. The van der Waals surface area contributed by atoms with E-state index in [1.54, 1.807) is 72.8 Å². The fraction of sp³-hybridized carbons (Fsp3) is 0.348. The van der Waals surface area contributed by atoms with Crippen molar-refractivity contribution in [3.05, 3.63) is 144 Å². The monoisotopic (exact) mass is 810 g/mol. The maximum absolute atomic E-state index is 14.4. The number of esters is 5. The Balaban J connectivity index is 1.77. The fourth-order valence-electron chi connectivity index (χ4n) is 5.91. The van der Waals surface area contributed by atoms with Crippen LogP contribution in [0.25, 0.3) is 0 Å². The average Bonchev–Trinajstić information content (AvgIpc) is 3.25. The van der Waals surface area contributed by atoms with Crippen LogP contribution in [0.5, 0.6) is 0 Å². The van der Waals surface area contributed by atoms with Gasteiger partial charge in [-0.25, -0.2) is 19.2 Å². The van der Waals surface area contributed by atoms with Gasteiger partial charge in [0.2, 0.25) is 11.2 Å². The molecule has 306 valence electrons. The molecule has 0 aliphatic heterocycles. The Hall–Kier alpha value is -5.75. The summed E-state index contributed by atoms with van der Waals surface area (Å²) in [6.07, 6.45) is 0.908. The van der Waals surface area contributed by atoms with Crippen LogP contribution < -0.4 is 0 Å². The van der Waals surface area contributed by atoms with Gasteiger partial charge in [-0.3, -0.25) is 9.59 Å². The van der Waals surface area contributed by atoms with Crippen LogP contribution >= 0.6 is 11.8 Å². The lowest BCUT2D eigenvalue weighted by Crippen LogP contribution is -2.55. The first kappa shape index (κ1) is 45.0. The number of carbonyl (C=O) groups excluding carboxylic acids is 6. The van der Waals surface area contributed by atoms with Gasteiger partial charge >= 0.3 is 29.8 Å². The molecule has 0 aliphatic carbocycles. The molecule has 0 saturated heterocycles. The maximum Gasteiger partial charge on any atom is 0.339 e. The molecule has 0 bridgehead atoms. The SMILES string of the molecule is CCCCCCCCCCSC(=O)C(OC(=O)c1ccccc1)C(OC(=O)c1ccccc1)C(OC(=O)c1ccccc1)C(COC(=O)c1ccccc1)OC(C)=O. The summed E-state index contributed by atoms with van der Waals surface area (Å²) in [5.41, 5.74) is 0.396. The molecular weight excluding hydrogens is 761 g/mol. The van der Waals surface area contributed by atoms with Crippen LogP contribution in [0.4, 0.5) is 0 Å². The number of unbranched alkanes of at least 4 members (excludes halogenated alkanes) is 7. The molecule has 0 saturated carbocycles. The molecule has 0 fully saturated rings. The van der Waals surface area contributed by atoms with E-state index >= 15 is 0 Å². The molecular formula is C46H50O11S. The maximum atomic E-state index is 14.4. The zero-order chi connectivity index (χ0) is 41.5. The Morgan fingerprint density at radius 2 is 0.879 bits per heavy atom. The lowest BCUT2D eigenvalue weighted by Gasteiger charge is -2.35. The van der Waals surface area contributed by atoms with Crippen molar-refractivity contribution in [3.8, 4) is 0 Å². The first-order chi connectivity index (χ1) is 28.2. The van der Waals surface area contributed by atoms with Crippen LogP contribution in [0.15, 0.2) is 121 Å². The second-order valence-electron chi connectivity index (χ2n) is 13.4. The van der Waals surface area contributed by atoms with E-state index in [1.807, 2.05) is 0 Å². The Labute approximate surface area is 343 Å². The van der Waals surface area contributed by atoms with Crippen molar-refractivity contribution in [2.45, 2.75) is 89.6 Å². The van der Waals surface area contributed by atoms with Crippen LogP contribution in [-0.4, -0.2) is 71.7 Å². The van der Waals surface area contributed by atoms with Crippen LogP contribution in [0.3, 0.4) is 0 Å². The van der Waals surface area contributed by atoms with E-state index in [-0.39, 0.29) is 22.3 Å². The van der Waals surface area contributed by atoms with Crippen molar-refractivity contribution < 1.29 is 52.5 Å². The lowest BCUT2D eigenvalue weighted by atomic mass is 10.0. The van der Waals surface area contributed by atoms with Crippen molar-refractivity contribution in [2.75, 3.05) is 12.4 Å². The van der Waals surface area contributed by atoms with E-state index < -0.39 is 66.0 Å². The third-order valence-corrected chi connectivity index (χ3v) is 9.93. The van der Waals surface area contributed by atoms with Gasteiger partial charge in [-0.2, -0.15) is 0 Å². The molecule has 4 aromatic rings. The smallest absolute Gasteiger partial charge is 0.339 e. The summed E-state index contributed by atoms with van der Waals surface area (Å²) in [5.74, 6) is -4.17. The summed E-state index contributed by atoms with van der Waals surface area (Å²) in [7, 11) is 0. The van der Waals surface area contributed by atoms with Gasteiger partial charge in [0.25, 0.3) is 0 Å². The van der Waals surface area contributed by atoms with E-state index in [9.17, 15) is 28.8 Å². The number of hydrogen-bond donors (Lipinski definition) is 0. The molecule has 11 nitrogen and oxygen atoms in total. The second-order valence-corrected chi connectivity index (χ2v) is 14.5. The Morgan fingerprint density at radius 3 is 1.33 bits per heavy atom. The van der Waals surface area contributed by atoms with Gasteiger partial charge in [0.1, 0.15) is 6.61 Å². The summed E-state index contributed by atoms with van der Waals surface area (Å²) in [6, 6.07) is 31.5. The van der Waals surface area contributed by atoms with Crippen molar-refractivity contribution in [1.82, 2.24) is 0 Å². The quantitative estimate of drug-likeness (QED) is 0.0400. The molecule has 4 rings (SSSR count). The van der Waals surface area contributed by atoms with Crippen LogP contribution in [-0.2, 0) is 33.3 Å². The van der Waals surface area contributed by atoms with Crippen molar-refractivity contribution in [2.24, 2.45) is 0 Å². The van der Waals surface area contributed by atoms with E-state index in [1.165, 1.54) is 61.4 Å². The van der Waals surface area contributed by atoms with Gasteiger partial charge < -0.3 is 23.7 Å². The largest absolute Gasteiger partial charge is 0.458 e. The zero-order valence-corrected chi connectivity index (χ0v) is 33.6. The molecule has 0 amide bonds. The minimum absolute atomic E-state index is 0.0624. The average molecular weight is 811 g/mol. The molecule has 0 N–H and O–H groups in total. The number of rotatable bonds is 23. The van der Waals surface area contributed by atoms with Gasteiger partial charge in [0.05, 0.1) is 22.3 Å². The van der Waals surface area contributed by atoms with Crippen LogP contribution in [0.1, 0.15) is 107 Å². The predicted octanol–water partition coefficient (Wildman–Crippen LogP) is 8.85. The molecule has 4 atom stereocenters. The minimum atomic E-state index is -1.92. The molecule has 12 heteroatoms. The van der Waals surface area contributed by atoms with E-state index in [2.05, 4.69) is 6.92 Å². The number of ether oxygens (including phenoxy) is 5. The van der Waals surface area contributed by atoms with Crippen molar-refractivity contribution >= 4 is 46.7 Å². The third-order valence-electron chi connectivity index (χ3n) is 8.92. The third kappa shape index (κ3) is 15.0. The highest BCUT2D eigenvalue weighted by atomic mass is 32.2. The number of carbonyl (C=O) groups is 6. The molecule has 0 spiro atoms. The topological polar surface area (TPSA) is 149 Å². The number of thioether (sulfide) groups is 1. The van der Waals surface area contributed by atoms with Gasteiger partial charge in [0, 0.05) is 12.7 Å². The summed E-state index contributed by atoms with van der Waals surface area (Å²) < 4.78 is 29.2. The highest BCUT2D eigenvalue weighted by Gasteiger charge is 2.48. The Bertz CT molecular complexity index is 1890. The standard InChI is InChI=1S/C46H50O11S/c1-3-4-5-6-7-8-9-22-31-58-46(52)41(57-45(51)37-29-20-13-21-30-37)40(56-44(50)36-27-18-12-19-28-36)39(55-43(49)35-25-16-11-17-26-35)38(54-33(2)47)32-53-42(48)34-23-14-10-15-24-34/h10-21,23-30,38-41H,3-9,22,31-32H2,1-2H3. The number of hydrogen-bond acceptors (Lipinski definition) is 12. The van der Waals surface area contributed by atoms with E-state index in [0.29, 0.717) is 12.2 Å².